The van der Waals surface area contributed by atoms with E-state index in [1.165, 1.54) is 6.20 Å². The molecule has 1 amide bonds. The van der Waals surface area contributed by atoms with Gasteiger partial charge in [-0.25, -0.2) is 4.98 Å². The van der Waals surface area contributed by atoms with Crippen molar-refractivity contribution >= 4 is 5.91 Å². The van der Waals surface area contributed by atoms with E-state index >= 15 is 0 Å². The fourth-order valence-electron chi connectivity index (χ4n) is 2.49. The molecule has 7 heteroatoms. The molecule has 1 aromatic heterocycles. The van der Waals surface area contributed by atoms with Crippen molar-refractivity contribution in [3.63, 3.8) is 0 Å². The highest BCUT2D eigenvalue weighted by molar-refractivity contribution is 5.93. The smallest absolute Gasteiger partial charge is 0.263 e. The molecule has 0 bridgehead atoms. The normalized spacial score (nSPS) is 11.6. The fraction of sp³-hybridized carbons (Fsp3) is 0.150. The first-order chi connectivity index (χ1) is 13.2. The molecule has 1 atom stereocenters. The Balaban J connectivity index is 1.67. The topological polar surface area (TPSA) is 104 Å². The predicted octanol–water partition coefficient (Wildman–Crippen LogP) is 1.81. The summed E-state index contributed by atoms with van der Waals surface area (Å²) in [5.74, 6) is 0.347. The Labute approximate surface area is 155 Å². The SMILES string of the molecule is O=C(N[C@H](CO)c1ccccc1)c1cnc(COc2ccccc2)[nH]c1=O. The minimum absolute atomic E-state index is 0.0738. The average molecular weight is 365 g/mol. The maximum atomic E-state index is 12.4. The molecule has 0 aliphatic rings. The highest BCUT2D eigenvalue weighted by atomic mass is 16.5. The fourth-order valence-corrected chi connectivity index (χ4v) is 2.49. The summed E-state index contributed by atoms with van der Waals surface area (Å²) in [4.78, 5) is 31.2. The Bertz CT molecular complexity index is 942. The Morgan fingerprint density at radius 1 is 1.11 bits per heavy atom. The standard InChI is InChI=1S/C20H19N3O4/c24-12-17(14-7-3-1-4-8-14)22-19(25)16-11-21-18(23-20(16)26)13-27-15-9-5-2-6-10-15/h1-11,17,24H,12-13H2,(H,22,25)(H,21,23,26)/t17-/m1/s1. The molecular weight excluding hydrogens is 346 g/mol. The number of aliphatic hydroxyl groups is 1. The van der Waals surface area contributed by atoms with Crippen LogP contribution in [0.4, 0.5) is 0 Å². The van der Waals surface area contributed by atoms with Gasteiger partial charge in [-0.1, -0.05) is 48.5 Å². The molecule has 0 saturated heterocycles. The molecule has 1 heterocycles. The lowest BCUT2D eigenvalue weighted by Gasteiger charge is -2.16. The zero-order chi connectivity index (χ0) is 19.1. The van der Waals surface area contributed by atoms with E-state index in [1.807, 2.05) is 24.3 Å². The highest BCUT2D eigenvalue weighted by Gasteiger charge is 2.18. The third kappa shape index (κ3) is 4.80. The Hall–Kier alpha value is -3.45. The van der Waals surface area contributed by atoms with Crippen LogP contribution in [0, 0.1) is 0 Å². The summed E-state index contributed by atoms with van der Waals surface area (Å²) in [6.45, 7) is -0.214. The minimum atomic E-state index is -0.612. The number of aromatic nitrogens is 2. The summed E-state index contributed by atoms with van der Waals surface area (Å²) < 4.78 is 5.52. The number of carbonyl (C=O) groups is 1. The molecule has 0 unspecified atom stereocenters. The van der Waals surface area contributed by atoms with Crippen LogP contribution >= 0.6 is 0 Å². The molecule has 2 aromatic carbocycles. The molecule has 3 N–H and O–H groups in total. The van der Waals surface area contributed by atoms with Crippen molar-refractivity contribution in [1.82, 2.24) is 15.3 Å². The van der Waals surface area contributed by atoms with Crippen LogP contribution in [0.3, 0.4) is 0 Å². The average Bonchev–Trinajstić information content (AvgIpc) is 2.71. The molecule has 0 aliphatic carbocycles. The number of ether oxygens (including phenoxy) is 1. The van der Waals surface area contributed by atoms with E-state index in [1.54, 1.807) is 36.4 Å². The van der Waals surface area contributed by atoms with E-state index in [2.05, 4.69) is 15.3 Å². The van der Waals surface area contributed by atoms with Crippen molar-refractivity contribution in [3.8, 4) is 5.75 Å². The zero-order valence-corrected chi connectivity index (χ0v) is 14.5. The van der Waals surface area contributed by atoms with Gasteiger partial charge in [-0.3, -0.25) is 9.59 Å². The van der Waals surface area contributed by atoms with Crippen molar-refractivity contribution < 1.29 is 14.6 Å². The summed E-state index contributed by atoms with van der Waals surface area (Å²) in [7, 11) is 0. The van der Waals surface area contributed by atoms with Crippen molar-refractivity contribution in [1.29, 1.82) is 0 Å². The molecule has 0 aliphatic heterocycles. The van der Waals surface area contributed by atoms with Gasteiger partial charge in [-0.15, -0.1) is 0 Å². The summed E-state index contributed by atoms with van der Waals surface area (Å²) in [5, 5.41) is 12.2. The number of para-hydroxylation sites is 1. The second-order valence-corrected chi connectivity index (χ2v) is 5.79. The van der Waals surface area contributed by atoms with Crippen LogP contribution in [-0.4, -0.2) is 27.6 Å². The zero-order valence-electron chi connectivity index (χ0n) is 14.5. The van der Waals surface area contributed by atoms with E-state index in [4.69, 9.17) is 4.74 Å². The Morgan fingerprint density at radius 2 is 1.78 bits per heavy atom. The third-order valence-corrected chi connectivity index (χ3v) is 3.91. The van der Waals surface area contributed by atoms with Crippen LogP contribution in [0.2, 0.25) is 0 Å². The van der Waals surface area contributed by atoms with E-state index in [0.717, 1.165) is 5.56 Å². The summed E-state index contributed by atoms with van der Waals surface area (Å²) in [6.07, 6.45) is 1.21. The predicted molar refractivity (Wildman–Crippen MR) is 99.4 cm³/mol. The molecular formula is C20H19N3O4. The van der Waals surface area contributed by atoms with Crippen LogP contribution in [0.25, 0.3) is 0 Å². The van der Waals surface area contributed by atoms with Gasteiger partial charge in [0.15, 0.2) is 0 Å². The van der Waals surface area contributed by atoms with Crippen molar-refractivity contribution in [2.45, 2.75) is 12.6 Å². The number of carbonyl (C=O) groups excluding carboxylic acids is 1. The quantitative estimate of drug-likeness (QED) is 0.592. The molecule has 3 aromatic rings. The van der Waals surface area contributed by atoms with Crippen LogP contribution in [0.5, 0.6) is 5.75 Å². The molecule has 0 spiro atoms. The third-order valence-electron chi connectivity index (χ3n) is 3.91. The van der Waals surface area contributed by atoms with E-state index in [-0.39, 0.29) is 18.8 Å². The molecule has 0 radical (unpaired) electrons. The number of rotatable bonds is 7. The van der Waals surface area contributed by atoms with E-state index < -0.39 is 17.5 Å². The van der Waals surface area contributed by atoms with Gasteiger partial charge >= 0.3 is 0 Å². The first-order valence-electron chi connectivity index (χ1n) is 8.40. The monoisotopic (exact) mass is 365 g/mol. The number of H-pyrrole nitrogens is 1. The molecule has 0 saturated carbocycles. The van der Waals surface area contributed by atoms with E-state index in [0.29, 0.717) is 11.6 Å². The van der Waals surface area contributed by atoms with Gasteiger partial charge in [0.25, 0.3) is 11.5 Å². The van der Waals surface area contributed by atoms with Crippen LogP contribution < -0.4 is 15.6 Å². The number of hydrogen-bond donors (Lipinski definition) is 3. The van der Waals surface area contributed by atoms with Crippen molar-refractivity contribution in [3.05, 3.63) is 94.2 Å². The maximum absolute atomic E-state index is 12.4. The van der Waals surface area contributed by atoms with Crippen LogP contribution in [-0.2, 0) is 6.61 Å². The lowest BCUT2D eigenvalue weighted by molar-refractivity contribution is 0.0914. The molecule has 138 valence electrons. The Morgan fingerprint density at radius 3 is 2.41 bits per heavy atom. The van der Waals surface area contributed by atoms with Gasteiger partial charge in [0.2, 0.25) is 0 Å². The first-order valence-corrected chi connectivity index (χ1v) is 8.40. The number of benzene rings is 2. The summed E-state index contributed by atoms with van der Waals surface area (Å²) in [6, 6.07) is 17.5. The number of nitrogens with zero attached hydrogens (tertiary/aromatic N) is 1. The maximum Gasteiger partial charge on any atom is 0.263 e. The van der Waals surface area contributed by atoms with Crippen molar-refractivity contribution in [2.75, 3.05) is 6.61 Å². The van der Waals surface area contributed by atoms with Crippen LogP contribution in [0.1, 0.15) is 27.8 Å². The van der Waals surface area contributed by atoms with Gasteiger partial charge in [-0.05, 0) is 17.7 Å². The van der Waals surface area contributed by atoms with Gasteiger partial charge in [-0.2, -0.15) is 0 Å². The second kappa shape index (κ2) is 8.77. The van der Waals surface area contributed by atoms with E-state index in [9.17, 15) is 14.7 Å². The van der Waals surface area contributed by atoms with Crippen LogP contribution in [0.15, 0.2) is 71.7 Å². The minimum Gasteiger partial charge on any atom is -0.486 e. The highest BCUT2D eigenvalue weighted by Crippen LogP contribution is 2.12. The van der Waals surface area contributed by atoms with Gasteiger partial charge < -0.3 is 20.1 Å². The lowest BCUT2D eigenvalue weighted by atomic mass is 10.1. The van der Waals surface area contributed by atoms with Gasteiger partial charge in [0.05, 0.1) is 12.6 Å². The Kier molecular flexibility index (Phi) is 5.96. The molecule has 3 rings (SSSR count). The summed E-state index contributed by atoms with van der Waals surface area (Å²) in [5.41, 5.74) is 0.0392. The number of aliphatic hydroxyl groups excluding tert-OH is 1. The number of amides is 1. The molecule has 7 nitrogen and oxygen atoms in total. The first kappa shape index (κ1) is 18.3. The van der Waals surface area contributed by atoms with Crippen molar-refractivity contribution in [2.24, 2.45) is 0 Å². The lowest BCUT2D eigenvalue weighted by Crippen LogP contribution is -2.35. The summed E-state index contributed by atoms with van der Waals surface area (Å²) >= 11 is 0. The van der Waals surface area contributed by atoms with Gasteiger partial charge in [0.1, 0.15) is 23.7 Å². The number of aromatic amines is 1. The number of hydrogen-bond acceptors (Lipinski definition) is 5. The second-order valence-electron chi connectivity index (χ2n) is 5.79. The largest absolute Gasteiger partial charge is 0.486 e. The molecule has 27 heavy (non-hydrogen) atoms. The molecule has 0 fully saturated rings. The number of nitrogens with one attached hydrogen (secondary N) is 2. The van der Waals surface area contributed by atoms with Gasteiger partial charge in [0, 0.05) is 6.20 Å².